The van der Waals surface area contributed by atoms with Crippen molar-refractivity contribution < 1.29 is 18.3 Å². The van der Waals surface area contributed by atoms with Gasteiger partial charge in [0.25, 0.3) is 5.91 Å². The topological polar surface area (TPSA) is 44.8 Å². The highest BCUT2D eigenvalue weighted by molar-refractivity contribution is 5.97. The standard InChI is InChI=1S/C26H27F2N3O2/c1-33-24-8-4-6-22(28)25(24)26(32)29-17-20-5-2-3-7-23(20)31-15-13-30(14-16-31)18-19-9-11-21(27)12-10-19/h2-12H,13-18H2,1H3,(H,29,32). The molecule has 172 valence electrons. The smallest absolute Gasteiger partial charge is 0.258 e. The average Bonchev–Trinajstić information content (AvgIpc) is 2.84. The fourth-order valence-electron chi connectivity index (χ4n) is 4.12. The van der Waals surface area contributed by atoms with Gasteiger partial charge in [0.05, 0.1) is 7.11 Å². The predicted octanol–water partition coefficient (Wildman–Crippen LogP) is 4.23. The Kier molecular flexibility index (Phi) is 7.19. The maximum absolute atomic E-state index is 14.2. The number of nitrogens with one attached hydrogen (secondary N) is 1. The first kappa shape index (κ1) is 22.7. The van der Waals surface area contributed by atoms with Crippen LogP contribution in [0.1, 0.15) is 21.5 Å². The van der Waals surface area contributed by atoms with Crippen molar-refractivity contribution in [2.75, 3.05) is 38.2 Å². The fraction of sp³-hybridized carbons (Fsp3) is 0.269. The molecule has 1 N–H and O–H groups in total. The van der Waals surface area contributed by atoms with Crippen LogP contribution < -0.4 is 15.0 Å². The molecule has 1 heterocycles. The van der Waals surface area contributed by atoms with Crippen molar-refractivity contribution in [2.24, 2.45) is 0 Å². The highest BCUT2D eigenvalue weighted by Crippen LogP contribution is 2.24. The number of ether oxygens (including phenoxy) is 1. The number of nitrogens with zero attached hydrogens (tertiary/aromatic N) is 2. The number of hydrogen-bond acceptors (Lipinski definition) is 4. The van der Waals surface area contributed by atoms with Gasteiger partial charge in [-0.05, 0) is 41.5 Å². The number of anilines is 1. The molecule has 3 aromatic rings. The lowest BCUT2D eigenvalue weighted by Gasteiger charge is -2.37. The lowest BCUT2D eigenvalue weighted by atomic mass is 10.1. The van der Waals surface area contributed by atoms with Gasteiger partial charge in [-0.1, -0.05) is 36.4 Å². The Morgan fingerprint density at radius 1 is 0.939 bits per heavy atom. The first-order chi connectivity index (χ1) is 16.0. The molecule has 0 aliphatic carbocycles. The number of para-hydroxylation sites is 1. The first-order valence-corrected chi connectivity index (χ1v) is 11.0. The van der Waals surface area contributed by atoms with Gasteiger partial charge in [-0.2, -0.15) is 0 Å². The van der Waals surface area contributed by atoms with Crippen LogP contribution >= 0.6 is 0 Å². The number of hydrogen-bond donors (Lipinski definition) is 1. The minimum absolute atomic E-state index is 0.0908. The van der Waals surface area contributed by atoms with Crippen molar-refractivity contribution in [3.8, 4) is 5.75 Å². The zero-order valence-electron chi connectivity index (χ0n) is 18.6. The van der Waals surface area contributed by atoms with Crippen LogP contribution in [0.2, 0.25) is 0 Å². The van der Waals surface area contributed by atoms with E-state index in [1.54, 1.807) is 6.07 Å². The normalized spacial score (nSPS) is 14.2. The third-order valence-electron chi connectivity index (χ3n) is 5.89. The van der Waals surface area contributed by atoms with E-state index in [-0.39, 0.29) is 23.7 Å². The summed E-state index contributed by atoms with van der Waals surface area (Å²) in [6.07, 6.45) is 0. The van der Waals surface area contributed by atoms with E-state index in [2.05, 4.69) is 15.1 Å². The molecule has 0 spiro atoms. The zero-order chi connectivity index (χ0) is 23.2. The number of methoxy groups -OCH3 is 1. The molecule has 1 aliphatic heterocycles. The van der Waals surface area contributed by atoms with Crippen molar-refractivity contribution in [2.45, 2.75) is 13.1 Å². The van der Waals surface area contributed by atoms with E-state index in [0.29, 0.717) is 0 Å². The molecule has 0 atom stereocenters. The van der Waals surface area contributed by atoms with Gasteiger partial charge in [0.15, 0.2) is 0 Å². The molecule has 3 aromatic carbocycles. The Labute approximate surface area is 192 Å². The second kappa shape index (κ2) is 10.4. The molecule has 5 nitrogen and oxygen atoms in total. The third kappa shape index (κ3) is 5.49. The third-order valence-corrected chi connectivity index (χ3v) is 5.89. The minimum Gasteiger partial charge on any atom is -0.496 e. The highest BCUT2D eigenvalue weighted by Gasteiger charge is 2.21. The van der Waals surface area contributed by atoms with E-state index in [1.165, 1.54) is 31.4 Å². The van der Waals surface area contributed by atoms with Crippen LogP contribution in [0, 0.1) is 11.6 Å². The minimum atomic E-state index is -0.614. The summed E-state index contributed by atoms with van der Waals surface area (Å²) in [7, 11) is 1.41. The number of benzene rings is 3. The quantitative estimate of drug-likeness (QED) is 0.584. The molecule has 0 aromatic heterocycles. The van der Waals surface area contributed by atoms with Gasteiger partial charge in [0.2, 0.25) is 0 Å². The molecule has 1 fully saturated rings. The van der Waals surface area contributed by atoms with E-state index >= 15 is 0 Å². The van der Waals surface area contributed by atoms with Crippen LogP contribution in [0.3, 0.4) is 0 Å². The molecular weight excluding hydrogens is 424 g/mol. The van der Waals surface area contributed by atoms with Crippen LogP contribution in [0.4, 0.5) is 14.5 Å². The largest absolute Gasteiger partial charge is 0.496 e. The second-order valence-electron chi connectivity index (χ2n) is 8.02. The van der Waals surface area contributed by atoms with Crippen molar-refractivity contribution in [3.63, 3.8) is 0 Å². The monoisotopic (exact) mass is 451 g/mol. The molecule has 1 saturated heterocycles. The molecule has 0 radical (unpaired) electrons. The summed E-state index contributed by atoms with van der Waals surface area (Å²) < 4.78 is 32.5. The van der Waals surface area contributed by atoms with Gasteiger partial charge in [-0.25, -0.2) is 8.78 Å². The van der Waals surface area contributed by atoms with Gasteiger partial charge < -0.3 is 15.0 Å². The molecule has 4 rings (SSSR count). The highest BCUT2D eigenvalue weighted by atomic mass is 19.1. The van der Waals surface area contributed by atoms with Crippen LogP contribution in [-0.2, 0) is 13.1 Å². The van der Waals surface area contributed by atoms with Crippen LogP contribution in [0.5, 0.6) is 5.75 Å². The molecule has 0 saturated carbocycles. The Morgan fingerprint density at radius 3 is 2.39 bits per heavy atom. The van der Waals surface area contributed by atoms with E-state index in [1.807, 2.05) is 36.4 Å². The number of amides is 1. The van der Waals surface area contributed by atoms with Crippen molar-refractivity contribution >= 4 is 11.6 Å². The average molecular weight is 452 g/mol. The number of carbonyl (C=O) groups excluding carboxylic acids is 1. The summed E-state index contributed by atoms with van der Waals surface area (Å²) in [5, 5.41) is 2.83. The number of piperazine rings is 1. The van der Waals surface area contributed by atoms with Gasteiger partial charge in [0.1, 0.15) is 22.9 Å². The van der Waals surface area contributed by atoms with E-state index < -0.39 is 11.7 Å². The zero-order valence-corrected chi connectivity index (χ0v) is 18.6. The summed E-state index contributed by atoms with van der Waals surface area (Å²) in [4.78, 5) is 17.3. The Hall–Kier alpha value is -3.45. The van der Waals surface area contributed by atoms with Crippen LogP contribution in [-0.4, -0.2) is 44.1 Å². The summed E-state index contributed by atoms with van der Waals surface area (Å²) in [5.74, 6) is -1.14. The van der Waals surface area contributed by atoms with Crippen molar-refractivity contribution in [1.29, 1.82) is 0 Å². The molecule has 0 unspecified atom stereocenters. The Balaban J connectivity index is 1.38. The molecule has 1 aliphatic rings. The number of halogens is 2. The Bertz CT molecular complexity index is 1100. The number of rotatable bonds is 7. The maximum Gasteiger partial charge on any atom is 0.258 e. The molecule has 1 amide bonds. The lowest BCUT2D eigenvalue weighted by molar-refractivity contribution is 0.0943. The summed E-state index contributed by atoms with van der Waals surface area (Å²) >= 11 is 0. The second-order valence-corrected chi connectivity index (χ2v) is 8.02. The van der Waals surface area contributed by atoms with E-state index in [9.17, 15) is 13.6 Å². The van der Waals surface area contributed by atoms with Gasteiger partial charge in [0, 0.05) is 45.0 Å². The maximum atomic E-state index is 14.2. The van der Waals surface area contributed by atoms with Gasteiger partial charge in [-0.3, -0.25) is 9.69 Å². The molecule has 7 heteroatoms. The number of carbonyl (C=O) groups is 1. The first-order valence-electron chi connectivity index (χ1n) is 11.0. The van der Waals surface area contributed by atoms with Crippen molar-refractivity contribution in [1.82, 2.24) is 10.2 Å². The predicted molar refractivity (Wildman–Crippen MR) is 124 cm³/mol. The fourth-order valence-corrected chi connectivity index (χ4v) is 4.12. The van der Waals surface area contributed by atoms with Crippen LogP contribution in [0.15, 0.2) is 66.7 Å². The van der Waals surface area contributed by atoms with Crippen molar-refractivity contribution in [3.05, 3.63) is 95.1 Å². The molecular formula is C26H27F2N3O2. The van der Waals surface area contributed by atoms with Gasteiger partial charge in [-0.15, -0.1) is 0 Å². The molecule has 0 bridgehead atoms. The molecule has 33 heavy (non-hydrogen) atoms. The van der Waals surface area contributed by atoms with E-state index in [0.717, 1.165) is 49.5 Å². The SMILES string of the molecule is COc1cccc(F)c1C(=O)NCc1ccccc1N1CCN(Cc2ccc(F)cc2)CC1. The summed E-state index contributed by atoms with van der Waals surface area (Å²) in [6, 6.07) is 18.9. The summed E-state index contributed by atoms with van der Waals surface area (Å²) in [6.45, 7) is 4.51. The summed E-state index contributed by atoms with van der Waals surface area (Å²) in [5.41, 5.74) is 3.02. The lowest BCUT2D eigenvalue weighted by Crippen LogP contribution is -2.46. The van der Waals surface area contributed by atoms with E-state index in [4.69, 9.17) is 4.74 Å². The Morgan fingerprint density at radius 2 is 1.67 bits per heavy atom. The van der Waals surface area contributed by atoms with Crippen LogP contribution in [0.25, 0.3) is 0 Å². The van der Waals surface area contributed by atoms with Gasteiger partial charge >= 0.3 is 0 Å².